The van der Waals surface area contributed by atoms with Gasteiger partial charge >= 0.3 is 0 Å². The molecule has 8 nitrogen and oxygen atoms in total. The molecule has 3 aromatic rings. The number of fused-ring (bicyclic) bond motifs is 1. The van der Waals surface area contributed by atoms with Crippen LogP contribution >= 0.6 is 0 Å². The molecule has 0 amide bonds. The Morgan fingerprint density at radius 1 is 1.17 bits per heavy atom. The van der Waals surface area contributed by atoms with Crippen LogP contribution in [0.3, 0.4) is 0 Å². The number of ether oxygens (including phenoxy) is 2. The van der Waals surface area contributed by atoms with Crippen LogP contribution in [0.1, 0.15) is 17.0 Å². The molecule has 8 heteroatoms. The van der Waals surface area contributed by atoms with Crippen molar-refractivity contribution in [3.63, 3.8) is 0 Å². The average Bonchev–Trinajstić information content (AvgIpc) is 3.17. The Hall–Kier alpha value is -3.55. The number of aliphatic imine (C=N–C) groups is 1. The van der Waals surface area contributed by atoms with E-state index in [2.05, 4.69) is 38.5 Å². The third-order valence-corrected chi connectivity index (χ3v) is 4.46. The molecular weight excluding hydrogens is 368 g/mol. The minimum Gasteiger partial charge on any atom is -0.493 e. The number of nitrogens with one attached hydrogen (secondary N) is 2. The number of nitrogens with zero attached hydrogens (tertiary/aromatic N) is 4. The van der Waals surface area contributed by atoms with Gasteiger partial charge in [-0.15, -0.1) is 16.8 Å². The van der Waals surface area contributed by atoms with E-state index in [-0.39, 0.29) is 0 Å². The average molecular weight is 394 g/mol. The highest BCUT2D eigenvalue weighted by molar-refractivity contribution is 5.79. The first-order valence-electron chi connectivity index (χ1n) is 9.28. The minimum atomic E-state index is 0.499. The Morgan fingerprint density at radius 2 is 2.00 bits per heavy atom. The van der Waals surface area contributed by atoms with Gasteiger partial charge in [0, 0.05) is 25.4 Å². The zero-order valence-corrected chi connectivity index (χ0v) is 17.0. The second-order valence-corrected chi connectivity index (χ2v) is 6.31. The molecule has 0 unspecified atom stereocenters. The smallest absolute Gasteiger partial charge is 0.191 e. The predicted octanol–water partition coefficient (Wildman–Crippen LogP) is 2.34. The van der Waals surface area contributed by atoms with Crippen molar-refractivity contribution in [2.75, 3.05) is 21.3 Å². The van der Waals surface area contributed by atoms with E-state index in [9.17, 15) is 0 Å². The summed E-state index contributed by atoms with van der Waals surface area (Å²) in [6.45, 7) is 4.89. The van der Waals surface area contributed by atoms with E-state index in [1.54, 1.807) is 21.3 Å². The van der Waals surface area contributed by atoms with E-state index >= 15 is 0 Å². The third kappa shape index (κ3) is 4.66. The first-order valence-corrected chi connectivity index (χ1v) is 9.28. The number of hydrogen-bond donors (Lipinski definition) is 2. The number of aromatic nitrogens is 3. The van der Waals surface area contributed by atoms with Crippen LogP contribution in [0.15, 0.2) is 54.2 Å². The molecule has 29 heavy (non-hydrogen) atoms. The molecule has 0 atom stereocenters. The van der Waals surface area contributed by atoms with Crippen LogP contribution in [0.5, 0.6) is 11.5 Å². The van der Waals surface area contributed by atoms with Crippen molar-refractivity contribution in [2.24, 2.45) is 4.99 Å². The van der Waals surface area contributed by atoms with Gasteiger partial charge in [-0.3, -0.25) is 9.39 Å². The van der Waals surface area contributed by atoms with Crippen molar-refractivity contribution in [1.82, 2.24) is 25.2 Å². The van der Waals surface area contributed by atoms with Crippen molar-refractivity contribution in [2.45, 2.75) is 19.5 Å². The molecule has 1 aromatic carbocycles. The minimum absolute atomic E-state index is 0.499. The molecule has 0 aliphatic heterocycles. The first kappa shape index (κ1) is 20.2. The fourth-order valence-corrected chi connectivity index (χ4v) is 3.10. The summed E-state index contributed by atoms with van der Waals surface area (Å²) in [7, 11) is 5.01. The number of rotatable bonds is 8. The van der Waals surface area contributed by atoms with Crippen LogP contribution in [0.4, 0.5) is 0 Å². The van der Waals surface area contributed by atoms with Gasteiger partial charge < -0.3 is 20.1 Å². The van der Waals surface area contributed by atoms with E-state index < -0.39 is 0 Å². The largest absolute Gasteiger partial charge is 0.493 e. The van der Waals surface area contributed by atoms with Gasteiger partial charge in [0.05, 0.1) is 20.8 Å². The second kappa shape index (κ2) is 9.59. The summed E-state index contributed by atoms with van der Waals surface area (Å²) in [5, 5.41) is 15.0. The summed E-state index contributed by atoms with van der Waals surface area (Å²) < 4.78 is 12.9. The van der Waals surface area contributed by atoms with E-state index in [0.717, 1.165) is 28.3 Å². The number of pyridine rings is 1. The molecular formula is C21H26N6O2. The van der Waals surface area contributed by atoms with Gasteiger partial charge in [0.15, 0.2) is 28.9 Å². The van der Waals surface area contributed by atoms with Gasteiger partial charge in [0.2, 0.25) is 0 Å². The van der Waals surface area contributed by atoms with Gasteiger partial charge in [0.1, 0.15) is 0 Å². The van der Waals surface area contributed by atoms with Gasteiger partial charge in [-0.25, -0.2) is 0 Å². The van der Waals surface area contributed by atoms with Crippen molar-refractivity contribution >= 4 is 11.6 Å². The molecule has 0 radical (unpaired) electrons. The zero-order valence-electron chi connectivity index (χ0n) is 17.0. The SMILES string of the molecule is C=CCc1cc(CNC(=NC)NCc2nnc3ccccn23)cc(OC)c1OC. The molecule has 2 heterocycles. The van der Waals surface area contributed by atoms with Gasteiger partial charge in [0.25, 0.3) is 0 Å². The van der Waals surface area contributed by atoms with Gasteiger partial charge in [-0.2, -0.15) is 0 Å². The molecule has 0 saturated heterocycles. The highest BCUT2D eigenvalue weighted by Gasteiger charge is 2.12. The standard InChI is InChI=1S/C21H26N6O2/c1-5-8-16-11-15(12-17(28-3)20(16)29-4)13-23-21(22-2)24-14-19-26-25-18-9-6-7-10-27(18)19/h5-7,9-12H,1,8,13-14H2,2-4H3,(H2,22,23,24). The summed E-state index contributed by atoms with van der Waals surface area (Å²) in [5.74, 6) is 2.90. The first-order chi connectivity index (χ1) is 14.2. The quantitative estimate of drug-likeness (QED) is 0.347. The lowest BCUT2D eigenvalue weighted by atomic mass is 10.1. The predicted molar refractivity (Wildman–Crippen MR) is 113 cm³/mol. The van der Waals surface area contributed by atoms with Gasteiger partial charge in [-0.05, 0) is 36.2 Å². The van der Waals surface area contributed by atoms with Crippen molar-refractivity contribution in [3.8, 4) is 11.5 Å². The van der Waals surface area contributed by atoms with Crippen LogP contribution in [0, 0.1) is 0 Å². The molecule has 2 N–H and O–H groups in total. The number of benzene rings is 1. The molecule has 2 aromatic heterocycles. The fraction of sp³-hybridized carbons (Fsp3) is 0.286. The van der Waals surface area contributed by atoms with Crippen molar-refractivity contribution in [3.05, 3.63) is 66.1 Å². The molecule has 0 bridgehead atoms. The Balaban J connectivity index is 1.67. The molecule has 0 aliphatic rings. The molecule has 0 spiro atoms. The maximum Gasteiger partial charge on any atom is 0.191 e. The van der Waals surface area contributed by atoms with Crippen LogP contribution in [-0.2, 0) is 19.5 Å². The Bertz CT molecular complexity index is 1010. The Labute approximate surface area is 170 Å². The van der Waals surface area contributed by atoms with E-state index in [1.165, 1.54) is 0 Å². The third-order valence-electron chi connectivity index (χ3n) is 4.46. The maximum atomic E-state index is 5.49. The number of methoxy groups -OCH3 is 2. The number of guanidine groups is 1. The topological polar surface area (TPSA) is 85.1 Å². The van der Waals surface area contributed by atoms with E-state index in [1.807, 2.05) is 40.9 Å². The highest BCUT2D eigenvalue weighted by atomic mass is 16.5. The molecule has 3 rings (SSSR count). The zero-order chi connectivity index (χ0) is 20.6. The number of allylic oxidation sites excluding steroid dienone is 1. The highest BCUT2D eigenvalue weighted by Crippen LogP contribution is 2.33. The number of hydrogen-bond acceptors (Lipinski definition) is 5. The molecule has 0 aliphatic carbocycles. The maximum absolute atomic E-state index is 5.49. The van der Waals surface area contributed by atoms with E-state index in [4.69, 9.17) is 9.47 Å². The van der Waals surface area contributed by atoms with Crippen molar-refractivity contribution in [1.29, 1.82) is 0 Å². The van der Waals surface area contributed by atoms with Crippen LogP contribution in [-0.4, -0.2) is 41.8 Å². The molecule has 0 saturated carbocycles. The van der Waals surface area contributed by atoms with Crippen LogP contribution in [0.25, 0.3) is 5.65 Å². The second-order valence-electron chi connectivity index (χ2n) is 6.31. The van der Waals surface area contributed by atoms with E-state index in [0.29, 0.717) is 31.2 Å². The lowest BCUT2D eigenvalue weighted by molar-refractivity contribution is 0.352. The lowest BCUT2D eigenvalue weighted by Crippen LogP contribution is -2.36. The summed E-state index contributed by atoms with van der Waals surface area (Å²) >= 11 is 0. The Morgan fingerprint density at radius 3 is 2.72 bits per heavy atom. The van der Waals surface area contributed by atoms with Crippen LogP contribution in [0.2, 0.25) is 0 Å². The Kier molecular flexibility index (Phi) is 6.67. The summed E-state index contributed by atoms with van der Waals surface area (Å²) in [6, 6.07) is 9.84. The molecule has 152 valence electrons. The lowest BCUT2D eigenvalue weighted by Gasteiger charge is -2.16. The van der Waals surface area contributed by atoms with Crippen molar-refractivity contribution < 1.29 is 9.47 Å². The summed E-state index contributed by atoms with van der Waals surface area (Å²) in [5.41, 5.74) is 2.89. The van der Waals surface area contributed by atoms with Crippen LogP contribution < -0.4 is 20.1 Å². The fourth-order valence-electron chi connectivity index (χ4n) is 3.10. The molecule has 0 fully saturated rings. The normalized spacial score (nSPS) is 11.3. The summed E-state index contributed by atoms with van der Waals surface area (Å²) in [4.78, 5) is 4.28. The monoisotopic (exact) mass is 394 g/mol. The van der Waals surface area contributed by atoms with Gasteiger partial charge in [-0.1, -0.05) is 12.1 Å². The summed E-state index contributed by atoms with van der Waals surface area (Å²) in [6.07, 6.45) is 4.48.